The van der Waals surface area contributed by atoms with E-state index < -0.39 is 0 Å². The number of thioether (sulfide) groups is 1. The first-order valence-electron chi connectivity index (χ1n) is 6.18. The van der Waals surface area contributed by atoms with Gasteiger partial charge in [0.25, 0.3) is 0 Å². The normalized spacial score (nSPS) is 13.9. The number of terminal acetylenes is 1. The molecule has 2 nitrogen and oxygen atoms in total. The SMILES string of the molecule is C#CCN(CC1CC1)C(=O)CSc1ccccc1. The first-order valence-corrected chi connectivity index (χ1v) is 7.17. The van der Waals surface area contributed by atoms with Crippen molar-refractivity contribution in [3.05, 3.63) is 30.3 Å². The van der Waals surface area contributed by atoms with E-state index in [-0.39, 0.29) is 5.91 Å². The van der Waals surface area contributed by atoms with Crippen LogP contribution in [0.1, 0.15) is 12.8 Å². The molecule has 1 aliphatic carbocycles. The second-order valence-electron chi connectivity index (χ2n) is 4.52. The highest BCUT2D eigenvalue weighted by Gasteiger charge is 2.26. The standard InChI is InChI=1S/C15H17NOS/c1-2-10-16(11-13-8-9-13)15(17)12-18-14-6-4-3-5-7-14/h1,3-7,13H,8-12H2. The summed E-state index contributed by atoms with van der Waals surface area (Å²) in [4.78, 5) is 15.0. The van der Waals surface area contributed by atoms with Crippen molar-refractivity contribution in [3.63, 3.8) is 0 Å². The molecule has 1 saturated carbocycles. The Morgan fingerprint density at radius 1 is 1.39 bits per heavy atom. The van der Waals surface area contributed by atoms with E-state index in [4.69, 9.17) is 6.42 Å². The van der Waals surface area contributed by atoms with Crippen LogP contribution >= 0.6 is 11.8 Å². The van der Waals surface area contributed by atoms with Crippen molar-refractivity contribution in [1.29, 1.82) is 0 Å². The molecule has 0 atom stereocenters. The Hall–Kier alpha value is -1.40. The van der Waals surface area contributed by atoms with Gasteiger partial charge in [0.15, 0.2) is 0 Å². The van der Waals surface area contributed by atoms with Crippen molar-refractivity contribution >= 4 is 17.7 Å². The first-order chi connectivity index (χ1) is 8.79. The van der Waals surface area contributed by atoms with Crippen LogP contribution in [-0.2, 0) is 4.79 Å². The molecule has 0 radical (unpaired) electrons. The molecule has 0 spiro atoms. The molecule has 0 heterocycles. The van der Waals surface area contributed by atoms with E-state index in [1.54, 1.807) is 11.8 Å². The third-order valence-corrected chi connectivity index (χ3v) is 3.91. The molecule has 0 aliphatic heterocycles. The van der Waals surface area contributed by atoms with E-state index >= 15 is 0 Å². The topological polar surface area (TPSA) is 20.3 Å². The smallest absolute Gasteiger partial charge is 0.233 e. The lowest BCUT2D eigenvalue weighted by atomic mass is 10.3. The lowest BCUT2D eigenvalue weighted by molar-refractivity contribution is -0.128. The molecular formula is C15H17NOS. The van der Waals surface area contributed by atoms with Gasteiger partial charge in [0.1, 0.15) is 0 Å². The Bertz CT molecular complexity index is 434. The van der Waals surface area contributed by atoms with Crippen LogP contribution in [0.15, 0.2) is 35.2 Å². The van der Waals surface area contributed by atoms with Crippen molar-refractivity contribution in [2.24, 2.45) is 5.92 Å². The summed E-state index contributed by atoms with van der Waals surface area (Å²) in [7, 11) is 0. The molecule has 2 rings (SSSR count). The maximum Gasteiger partial charge on any atom is 0.233 e. The third-order valence-electron chi connectivity index (χ3n) is 2.92. The number of rotatable bonds is 6. The lowest BCUT2D eigenvalue weighted by Gasteiger charge is -2.19. The molecule has 1 aromatic rings. The summed E-state index contributed by atoms with van der Waals surface area (Å²) in [6.45, 7) is 1.27. The number of amides is 1. The lowest BCUT2D eigenvalue weighted by Crippen LogP contribution is -2.34. The maximum atomic E-state index is 12.1. The summed E-state index contributed by atoms with van der Waals surface area (Å²) in [6.07, 6.45) is 7.79. The average molecular weight is 259 g/mol. The summed E-state index contributed by atoms with van der Waals surface area (Å²) < 4.78 is 0. The van der Waals surface area contributed by atoms with Crippen LogP contribution < -0.4 is 0 Å². The fourth-order valence-electron chi connectivity index (χ4n) is 1.73. The zero-order valence-corrected chi connectivity index (χ0v) is 11.2. The molecule has 0 aromatic heterocycles. The quantitative estimate of drug-likeness (QED) is 0.578. The van der Waals surface area contributed by atoms with E-state index in [1.807, 2.05) is 35.2 Å². The van der Waals surface area contributed by atoms with E-state index in [9.17, 15) is 4.79 Å². The van der Waals surface area contributed by atoms with Crippen molar-refractivity contribution in [2.75, 3.05) is 18.8 Å². The predicted molar refractivity (Wildman–Crippen MR) is 75.3 cm³/mol. The average Bonchev–Trinajstić information content (AvgIpc) is 3.21. The van der Waals surface area contributed by atoms with Crippen molar-refractivity contribution in [1.82, 2.24) is 4.90 Å². The summed E-state index contributed by atoms with van der Waals surface area (Å²) in [6, 6.07) is 9.98. The second kappa shape index (κ2) is 6.51. The predicted octanol–water partition coefficient (Wildman–Crippen LogP) is 2.65. The molecular weight excluding hydrogens is 242 g/mol. The van der Waals surface area contributed by atoms with Crippen LogP contribution in [0.4, 0.5) is 0 Å². The van der Waals surface area contributed by atoms with Gasteiger partial charge < -0.3 is 4.90 Å². The molecule has 0 unspecified atom stereocenters. The van der Waals surface area contributed by atoms with Crippen molar-refractivity contribution in [3.8, 4) is 12.3 Å². The molecule has 94 valence electrons. The summed E-state index contributed by atoms with van der Waals surface area (Å²) in [5, 5.41) is 0. The Labute approximate surface area is 113 Å². The number of benzene rings is 1. The fourth-order valence-corrected chi connectivity index (χ4v) is 2.55. The van der Waals surface area contributed by atoms with Crippen LogP contribution in [0, 0.1) is 18.3 Å². The minimum Gasteiger partial charge on any atom is -0.331 e. The molecule has 1 aliphatic rings. The van der Waals surface area contributed by atoms with Crippen LogP contribution in [-0.4, -0.2) is 29.6 Å². The number of carbonyl (C=O) groups is 1. The van der Waals surface area contributed by atoms with Gasteiger partial charge in [-0.15, -0.1) is 18.2 Å². The summed E-state index contributed by atoms with van der Waals surface area (Å²) >= 11 is 1.57. The zero-order valence-electron chi connectivity index (χ0n) is 10.3. The van der Waals surface area contributed by atoms with Gasteiger partial charge in [0.05, 0.1) is 12.3 Å². The Kier molecular flexibility index (Phi) is 4.72. The highest BCUT2D eigenvalue weighted by molar-refractivity contribution is 8.00. The number of hydrogen-bond acceptors (Lipinski definition) is 2. The molecule has 1 aromatic carbocycles. The second-order valence-corrected chi connectivity index (χ2v) is 5.57. The minimum atomic E-state index is 0.147. The minimum absolute atomic E-state index is 0.147. The maximum absolute atomic E-state index is 12.1. The van der Waals surface area contributed by atoms with Crippen LogP contribution in [0.25, 0.3) is 0 Å². The monoisotopic (exact) mass is 259 g/mol. The van der Waals surface area contributed by atoms with Crippen molar-refractivity contribution < 1.29 is 4.79 Å². The third kappa shape index (κ3) is 4.12. The highest BCUT2D eigenvalue weighted by Crippen LogP contribution is 2.30. The van der Waals surface area contributed by atoms with E-state index in [0.717, 1.165) is 11.4 Å². The Morgan fingerprint density at radius 2 is 2.11 bits per heavy atom. The molecule has 1 amide bonds. The number of hydrogen-bond donors (Lipinski definition) is 0. The van der Waals surface area contributed by atoms with Gasteiger partial charge in [-0.25, -0.2) is 0 Å². The molecule has 0 bridgehead atoms. The van der Waals surface area contributed by atoms with E-state index in [1.165, 1.54) is 12.8 Å². The molecule has 0 saturated heterocycles. The summed E-state index contributed by atoms with van der Waals surface area (Å²) in [5.74, 6) is 3.88. The van der Waals surface area contributed by atoms with Crippen LogP contribution in [0.5, 0.6) is 0 Å². The zero-order chi connectivity index (χ0) is 12.8. The van der Waals surface area contributed by atoms with Crippen LogP contribution in [0.2, 0.25) is 0 Å². The van der Waals surface area contributed by atoms with E-state index in [0.29, 0.717) is 18.2 Å². The Balaban J connectivity index is 1.82. The molecule has 18 heavy (non-hydrogen) atoms. The van der Waals surface area contributed by atoms with Gasteiger partial charge in [-0.2, -0.15) is 0 Å². The fraction of sp³-hybridized carbons (Fsp3) is 0.400. The Morgan fingerprint density at radius 3 is 2.72 bits per heavy atom. The largest absolute Gasteiger partial charge is 0.331 e. The molecule has 3 heteroatoms. The van der Waals surface area contributed by atoms with Gasteiger partial charge in [0.2, 0.25) is 5.91 Å². The molecule has 0 N–H and O–H groups in total. The van der Waals surface area contributed by atoms with Crippen LogP contribution in [0.3, 0.4) is 0 Å². The first kappa shape index (κ1) is 13.0. The van der Waals surface area contributed by atoms with Gasteiger partial charge in [0, 0.05) is 11.4 Å². The highest BCUT2D eigenvalue weighted by atomic mass is 32.2. The van der Waals surface area contributed by atoms with Gasteiger partial charge in [-0.3, -0.25) is 4.79 Å². The van der Waals surface area contributed by atoms with E-state index in [2.05, 4.69) is 5.92 Å². The number of nitrogens with zero attached hydrogens (tertiary/aromatic N) is 1. The van der Waals surface area contributed by atoms with Gasteiger partial charge >= 0.3 is 0 Å². The van der Waals surface area contributed by atoms with Crippen molar-refractivity contribution in [2.45, 2.75) is 17.7 Å². The summed E-state index contributed by atoms with van der Waals surface area (Å²) in [5.41, 5.74) is 0. The van der Waals surface area contributed by atoms with Gasteiger partial charge in [-0.1, -0.05) is 24.1 Å². The molecule has 1 fully saturated rings. The van der Waals surface area contributed by atoms with Gasteiger partial charge in [-0.05, 0) is 30.9 Å². The number of carbonyl (C=O) groups excluding carboxylic acids is 1.